The SMILES string of the molecule is CC(C)CCN1CCCCC1COc1nc2cccnc2nc1C#Cc1cccc(F)c1. The Morgan fingerprint density at radius 3 is 2.91 bits per heavy atom. The molecule has 3 aromatic rings. The van der Waals surface area contributed by atoms with Gasteiger partial charge in [0.25, 0.3) is 0 Å². The highest BCUT2D eigenvalue weighted by Gasteiger charge is 2.23. The maximum absolute atomic E-state index is 13.5. The zero-order valence-electron chi connectivity index (χ0n) is 18.7. The summed E-state index contributed by atoms with van der Waals surface area (Å²) >= 11 is 0. The van der Waals surface area contributed by atoms with Gasteiger partial charge in [-0.3, -0.25) is 4.90 Å². The molecule has 1 saturated heterocycles. The van der Waals surface area contributed by atoms with Crippen LogP contribution < -0.4 is 4.74 Å². The maximum atomic E-state index is 13.5. The van der Waals surface area contributed by atoms with Crippen molar-refractivity contribution in [2.75, 3.05) is 19.7 Å². The molecule has 1 aliphatic rings. The van der Waals surface area contributed by atoms with Gasteiger partial charge in [-0.25, -0.2) is 19.3 Å². The first-order chi connectivity index (χ1) is 15.6. The van der Waals surface area contributed by atoms with E-state index >= 15 is 0 Å². The standard InChI is InChI=1S/C26H29FN4O/c1-19(2)13-16-31-15-4-3-9-22(31)18-32-26-24(12-11-20-7-5-8-21(27)17-20)29-25-23(30-26)10-6-14-28-25/h5-8,10,14,17,19,22H,3-4,9,13,15-16,18H2,1-2H3. The molecule has 0 aliphatic carbocycles. The van der Waals surface area contributed by atoms with Crippen LogP contribution in [0.3, 0.4) is 0 Å². The van der Waals surface area contributed by atoms with Gasteiger partial charge in [0.1, 0.15) is 17.9 Å². The van der Waals surface area contributed by atoms with Crippen molar-refractivity contribution in [3.63, 3.8) is 0 Å². The van der Waals surface area contributed by atoms with Crippen LogP contribution >= 0.6 is 0 Å². The number of hydrogen-bond acceptors (Lipinski definition) is 5. The van der Waals surface area contributed by atoms with Crippen LogP contribution in [0, 0.1) is 23.6 Å². The molecule has 0 bridgehead atoms. The average molecular weight is 433 g/mol. The Labute approximate surface area is 189 Å². The van der Waals surface area contributed by atoms with Crippen LogP contribution in [0.15, 0.2) is 42.6 Å². The lowest BCUT2D eigenvalue weighted by atomic mass is 10.0. The summed E-state index contributed by atoms with van der Waals surface area (Å²) in [5.74, 6) is 6.76. The van der Waals surface area contributed by atoms with E-state index in [1.807, 2.05) is 12.1 Å². The predicted octanol–water partition coefficient (Wildman–Crippen LogP) is 4.84. The van der Waals surface area contributed by atoms with E-state index in [-0.39, 0.29) is 5.82 Å². The van der Waals surface area contributed by atoms with E-state index < -0.39 is 0 Å². The third kappa shape index (κ3) is 5.80. The van der Waals surface area contributed by atoms with E-state index in [4.69, 9.17) is 4.74 Å². The molecule has 3 heterocycles. The Bertz CT molecular complexity index is 1120. The number of benzene rings is 1. The number of ether oxygens (including phenoxy) is 1. The Morgan fingerprint density at radius 1 is 1.16 bits per heavy atom. The van der Waals surface area contributed by atoms with E-state index in [1.165, 1.54) is 31.4 Å². The van der Waals surface area contributed by atoms with Crippen molar-refractivity contribution < 1.29 is 9.13 Å². The molecule has 4 rings (SSSR count). The number of aromatic nitrogens is 3. The van der Waals surface area contributed by atoms with Gasteiger partial charge in [0.15, 0.2) is 11.3 Å². The van der Waals surface area contributed by atoms with Gasteiger partial charge in [0, 0.05) is 17.8 Å². The molecule has 0 saturated carbocycles. The second-order valence-electron chi connectivity index (χ2n) is 8.66. The summed E-state index contributed by atoms with van der Waals surface area (Å²) in [5, 5.41) is 0. The number of pyridine rings is 1. The minimum atomic E-state index is -0.321. The lowest BCUT2D eigenvalue weighted by Gasteiger charge is -2.35. The fourth-order valence-corrected chi connectivity index (χ4v) is 3.90. The third-order valence-corrected chi connectivity index (χ3v) is 5.71. The first-order valence-electron chi connectivity index (χ1n) is 11.4. The number of rotatable bonds is 6. The number of halogens is 1. The molecule has 1 aromatic carbocycles. The zero-order valence-corrected chi connectivity index (χ0v) is 18.7. The molecular formula is C26H29FN4O. The molecule has 0 amide bonds. The second-order valence-corrected chi connectivity index (χ2v) is 8.66. The Kier molecular flexibility index (Phi) is 7.28. The van der Waals surface area contributed by atoms with Gasteiger partial charge in [0.05, 0.1) is 0 Å². The Morgan fingerprint density at radius 2 is 2.06 bits per heavy atom. The quantitative estimate of drug-likeness (QED) is 0.522. The zero-order chi connectivity index (χ0) is 22.3. The Hall–Kier alpha value is -3.04. The smallest absolute Gasteiger partial charge is 0.249 e. The highest BCUT2D eigenvalue weighted by molar-refractivity contribution is 5.71. The average Bonchev–Trinajstić information content (AvgIpc) is 2.80. The van der Waals surface area contributed by atoms with Crippen LogP contribution in [0.4, 0.5) is 4.39 Å². The van der Waals surface area contributed by atoms with Crippen LogP contribution in [-0.2, 0) is 0 Å². The summed E-state index contributed by atoms with van der Waals surface area (Å²) in [5.41, 5.74) is 2.18. The molecule has 5 nitrogen and oxygen atoms in total. The van der Waals surface area contributed by atoms with Crippen LogP contribution in [0.25, 0.3) is 11.2 Å². The van der Waals surface area contributed by atoms with Gasteiger partial charge in [-0.2, -0.15) is 0 Å². The number of piperidine rings is 1. The molecule has 1 fully saturated rings. The highest BCUT2D eigenvalue weighted by atomic mass is 19.1. The third-order valence-electron chi connectivity index (χ3n) is 5.71. The summed E-state index contributed by atoms with van der Waals surface area (Å²) < 4.78 is 19.7. The van der Waals surface area contributed by atoms with Gasteiger partial charge in [-0.15, -0.1) is 0 Å². The van der Waals surface area contributed by atoms with E-state index in [9.17, 15) is 4.39 Å². The molecule has 1 aliphatic heterocycles. The van der Waals surface area contributed by atoms with E-state index in [0.717, 1.165) is 19.5 Å². The van der Waals surface area contributed by atoms with Crippen LogP contribution in [0.2, 0.25) is 0 Å². The molecule has 0 N–H and O–H groups in total. The maximum Gasteiger partial charge on any atom is 0.249 e. The van der Waals surface area contributed by atoms with E-state index in [1.54, 1.807) is 18.3 Å². The summed E-state index contributed by atoms with van der Waals surface area (Å²) in [6.45, 7) is 7.27. The minimum absolute atomic E-state index is 0.321. The van der Waals surface area contributed by atoms with Gasteiger partial charge in [0.2, 0.25) is 5.88 Å². The lowest BCUT2D eigenvalue weighted by Crippen LogP contribution is -2.44. The van der Waals surface area contributed by atoms with Crippen molar-refractivity contribution in [3.05, 3.63) is 59.7 Å². The number of hydrogen-bond donors (Lipinski definition) is 0. The van der Waals surface area contributed by atoms with Gasteiger partial charge >= 0.3 is 0 Å². The monoisotopic (exact) mass is 432 g/mol. The summed E-state index contributed by atoms with van der Waals surface area (Å²) in [7, 11) is 0. The Balaban J connectivity index is 1.57. The molecule has 1 unspecified atom stereocenters. The fraction of sp³-hybridized carbons (Fsp3) is 0.423. The van der Waals surface area contributed by atoms with Gasteiger partial charge < -0.3 is 4.74 Å². The van der Waals surface area contributed by atoms with Crippen molar-refractivity contribution in [2.24, 2.45) is 5.92 Å². The molecule has 0 radical (unpaired) electrons. The lowest BCUT2D eigenvalue weighted by molar-refractivity contribution is 0.0933. The van der Waals surface area contributed by atoms with Gasteiger partial charge in [-0.05, 0) is 74.5 Å². The van der Waals surface area contributed by atoms with Crippen molar-refractivity contribution in [1.29, 1.82) is 0 Å². The van der Waals surface area contributed by atoms with Crippen molar-refractivity contribution in [1.82, 2.24) is 19.9 Å². The predicted molar refractivity (Wildman–Crippen MR) is 124 cm³/mol. The first-order valence-corrected chi connectivity index (χ1v) is 11.4. The molecule has 32 heavy (non-hydrogen) atoms. The number of nitrogens with zero attached hydrogens (tertiary/aromatic N) is 4. The van der Waals surface area contributed by atoms with Crippen molar-refractivity contribution in [2.45, 2.75) is 45.6 Å². The molecular weight excluding hydrogens is 403 g/mol. The largest absolute Gasteiger partial charge is 0.474 e. The molecule has 6 heteroatoms. The normalized spacial score (nSPS) is 16.7. The molecule has 1 atom stereocenters. The van der Waals surface area contributed by atoms with Gasteiger partial charge in [-0.1, -0.05) is 32.3 Å². The van der Waals surface area contributed by atoms with Crippen LogP contribution in [0.1, 0.15) is 50.8 Å². The molecule has 166 valence electrons. The molecule has 0 spiro atoms. The van der Waals surface area contributed by atoms with E-state index in [0.29, 0.717) is 46.9 Å². The minimum Gasteiger partial charge on any atom is -0.474 e. The summed E-state index contributed by atoms with van der Waals surface area (Å²) in [6, 6.07) is 10.2. The van der Waals surface area contributed by atoms with Crippen LogP contribution in [0.5, 0.6) is 5.88 Å². The number of fused-ring (bicyclic) bond motifs is 1. The highest BCUT2D eigenvalue weighted by Crippen LogP contribution is 2.22. The van der Waals surface area contributed by atoms with Crippen molar-refractivity contribution >= 4 is 11.2 Å². The topological polar surface area (TPSA) is 51.1 Å². The fourth-order valence-electron chi connectivity index (χ4n) is 3.90. The van der Waals surface area contributed by atoms with E-state index in [2.05, 4.69) is 45.5 Å². The van der Waals surface area contributed by atoms with Crippen LogP contribution in [-0.4, -0.2) is 45.6 Å². The number of likely N-dealkylation sites (tertiary alicyclic amines) is 1. The summed E-state index contributed by atoms with van der Waals surface area (Å²) in [6.07, 6.45) is 6.43. The second kappa shape index (κ2) is 10.5. The summed E-state index contributed by atoms with van der Waals surface area (Å²) in [4.78, 5) is 16.1. The first kappa shape index (κ1) is 22.2. The molecule has 2 aromatic heterocycles. The van der Waals surface area contributed by atoms with Crippen molar-refractivity contribution in [3.8, 4) is 17.7 Å².